The molecule has 0 aliphatic rings. The van der Waals surface area contributed by atoms with Crippen LogP contribution in [-0.4, -0.2) is 21.6 Å². The average molecular weight is 307 g/mol. The van der Waals surface area contributed by atoms with Gasteiger partial charge in [-0.1, -0.05) is 13.8 Å². The maximum absolute atomic E-state index is 11.3. The second kappa shape index (κ2) is 6.49. The molecule has 0 aromatic carbocycles. The van der Waals surface area contributed by atoms with Gasteiger partial charge in [-0.15, -0.1) is 0 Å². The molecule has 0 aliphatic heterocycles. The van der Waals surface area contributed by atoms with Crippen LogP contribution in [0, 0.1) is 5.92 Å². The molecule has 0 fully saturated rings. The Labute approximate surface area is 126 Å². The molecule has 0 saturated carbocycles. The molecule has 0 atom stereocenters. The average Bonchev–Trinajstić information content (AvgIpc) is 2.38. The molecule has 112 valence electrons. The monoisotopic (exact) mass is 307 g/mol. The van der Waals surface area contributed by atoms with Gasteiger partial charge in [0.05, 0.1) is 12.3 Å². The molecule has 2 aromatic heterocycles. The van der Waals surface area contributed by atoms with E-state index in [1.165, 1.54) is 17.8 Å². The van der Waals surface area contributed by atoms with Crippen molar-refractivity contribution in [3.63, 3.8) is 0 Å². The lowest BCUT2D eigenvalue weighted by atomic mass is 10.2. The summed E-state index contributed by atoms with van der Waals surface area (Å²) in [5.74, 6) is 0.905. The summed E-state index contributed by atoms with van der Waals surface area (Å²) in [6.45, 7) is 4.60. The number of nitrogens with one attached hydrogen (secondary N) is 1. The Morgan fingerprint density at radius 1 is 1.33 bits per heavy atom. The molecule has 2 aromatic rings. The van der Waals surface area contributed by atoms with Crippen molar-refractivity contribution < 1.29 is 4.74 Å². The summed E-state index contributed by atoms with van der Waals surface area (Å²) in [7, 11) is 0. The number of pyridine rings is 1. The Kier molecular flexibility index (Phi) is 4.69. The molecule has 0 aliphatic carbocycles. The molecule has 7 nitrogen and oxygen atoms in total. The quantitative estimate of drug-likeness (QED) is 0.716. The molecular formula is C13H17N5O2S. The summed E-state index contributed by atoms with van der Waals surface area (Å²) in [6, 6.07) is 4.65. The van der Waals surface area contributed by atoms with Crippen LogP contribution in [0.3, 0.4) is 0 Å². The number of nitrogens with zero attached hydrogens (tertiary/aromatic N) is 2. The molecule has 0 amide bonds. The summed E-state index contributed by atoms with van der Waals surface area (Å²) >= 11 is 1.18. The highest BCUT2D eigenvalue weighted by molar-refractivity contribution is 7.99. The maximum Gasteiger partial charge on any atom is 0.253 e. The summed E-state index contributed by atoms with van der Waals surface area (Å²) in [4.78, 5) is 22.3. The van der Waals surface area contributed by atoms with Crippen LogP contribution in [0.5, 0.6) is 5.88 Å². The minimum absolute atomic E-state index is 0.160. The molecule has 0 radical (unpaired) electrons. The molecule has 8 heteroatoms. The third-order valence-electron chi connectivity index (χ3n) is 2.36. The molecule has 0 spiro atoms. The van der Waals surface area contributed by atoms with Crippen molar-refractivity contribution in [2.75, 3.05) is 18.1 Å². The highest BCUT2D eigenvalue weighted by Crippen LogP contribution is 2.27. The highest BCUT2D eigenvalue weighted by Gasteiger charge is 2.08. The molecule has 0 unspecified atom stereocenters. The van der Waals surface area contributed by atoms with E-state index in [0.29, 0.717) is 34.3 Å². The van der Waals surface area contributed by atoms with Gasteiger partial charge in [0.25, 0.3) is 5.56 Å². The molecule has 0 bridgehead atoms. The van der Waals surface area contributed by atoms with Crippen molar-refractivity contribution in [1.82, 2.24) is 15.0 Å². The first-order valence-corrected chi connectivity index (χ1v) is 7.19. The number of nitrogen functional groups attached to an aromatic ring is 2. The van der Waals surface area contributed by atoms with E-state index in [-0.39, 0.29) is 11.4 Å². The predicted molar refractivity (Wildman–Crippen MR) is 82.4 cm³/mol. The number of anilines is 2. The third kappa shape index (κ3) is 4.38. The summed E-state index contributed by atoms with van der Waals surface area (Å²) < 4.78 is 5.56. The van der Waals surface area contributed by atoms with E-state index < -0.39 is 0 Å². The Bertz CT molecular complexity index is 687. The van der Waals surface area contributed by atoms with Gasteiger partial charge in [-0.25, -0.2) is 9.97 Å². The summed E-state index contributed by atoms with van der Waals surface area (Å²) in [6.07, 6.45) is 0. The zero-order valence-corrected chi connectivity index (χ0v) is 12.6. The van der Waals surface area contributed by atoms with Gasteiger partial charge >= 0.3 is 0 Å². The first-order valence-electron chi connectivity index (χ1n) is 6.38. The van der Waals surface area contributed by atoms with Crippen LogP contribution in [0.25, 0.3) is 0 Å². The second-order valence-corrected chi connectivity index (χ2v) is 5.84. The van der Waals surface area contributed by atoms with Gasteiger partial charge in [0.1, 0.15) is 10.8 Å². The third-order valence-corrected chi connectivity index (χ3v) is 3.18. The Balaban J connectivity index is 2.20. The fourth-order valence-corrected chi connectivity index (χ4v) is 2.22. The number of nitrogens with two attached hydrogens (primary N) is 2. The fraction of sp³-hybridized carbons (Fsp3) is 0.308. The zero-order valence-electron chi connectivity index (χ0n) is 11.8. The Morgan fingerprint density at radius 2 is 2.10 bits per heavy atom. The summed E-state index contributed by atoms with van der Waals surface area (Å²) in [5, 5.41) is 0.976. The van der Waals surface area contributed by atoms with Crippen LogP contribution in [0.1, 0.15) is 13.8 Å². The topological polar surface area (TPSA) is 120 Å². The first kappa shape index (κ1) is 15.2. The maximum atomic E-state index is 11.3. The second-order valence-electron chi connectivity index (χ2n) is 4.83. The number of aromatic nitrogens is 3. The lowest BCUT2D eigenvalue weighted by Gasteiger charge is -2.10. The van der Waals surface area contributed by atoms with Gasteiger partial charge < -0.3 is 21.2 Å². The van der Waals surface area contributed by atoms with Crippen LogP contribution in [0.2, 0.25) is 0 Å². The number of rotatable bonds is 5. The van der Waals surface area contributed by atoms with Crippen molar-refractivity contribution in [2.45, 2.75) is 24.0 Å². The minimum Gasteiger partial charge on any atom is -0.476 e. The van der Waals surface area contributed by atoms with Crippen molar-refractivity contribution in [2.24, 2.45) is 5.92 Å². The molecule has 21 heavy (non-hydrogen) atoms. The van der Waals surface area contributed by atoms with E-state index in [9.17, 15) is 4.79 Å². The van der Waals surface area contributed by atoms with Gasteiger partial charge in [-0.2, -0.15) is 0 Å². The minimum atomic E-state index is -0.309. The number of aromatic amines is 1. The van der Waals surface area contributed by atoms with Crippen LogP contribution < -0.4 is 21.8 Å². The largest absolute Gasteiger partial charge is 0.476 e. The van der Waals surface area contributed by atoms with Crippen molar-refractivity contribution in [3.8, 4) is 5.88 Å². The van der Waals surface area contributed by atoms with E-state index in [1.807, 2.05) is 13.8 Å². The van der Waals surface area contributed by atoms with Crippen molar-refractivity contribution >= 4 is 23.3 Å². The summed E-state index contributed by atoms with van der Waals surface area (Å²) in [5.41, 5.74) is 11.5. The Hall–Kier alpha value is -2.22. The normalized spacial score (nSPS) is 10.8. The number of hydrogen-bond donors (Lipinski definition) is 3. The smallest absolute Gasteiger partial charge is 0.253 e. The van der Waals surface area contributed by atoms with E-state index in [2.05, 4.69) is 15.0 Å². The van der Waals surface area contributed by atoms with E-state index >= 15 is 0 Å². The van der Waals surface area contributed by atoms with E-state index in [4.69, 9.17) is 16.2 Å². The number of ether oxygens (including phenoxy) is 1. The van der Waals surface area contributed by atoms with Gasteiger partial charge in [-0.3, -0.25) is 4.79 Å². The fourth-order valence-electron chi connectivity index (χ4n) is 1.45. The van der Waals surface area contributed by atoms with Crippen LogP contribution in [0.4, 0.5) is 11.5 Å². The molecule has 5 N–H and O–H groups in total. The van der Waals surface area contributed by atoms with Crippen LogP contribution >= 0.6 is 11.8 Å². The standard InChI is InChI=1S/C13H17N5O2S/c1-7(2)6-20-12-8(14)3-4-11(18-12)21-13-16-9(15)5-10(19)17-13/h3-5,7H,6,14H2,1-2H3,(H3,15,16,17,19). The van der Waals surface area contributed by atoms with E-state index in [1.54, 1.807) is 12.1 Å². The first-order chi connectivity index (χ1) is 9.94. The van der Waals surface area contributed by atoms with Crippen molar-refractivity contribution in [3.05, 3.63) is 28.6 Å². The highest BCUT2D eigenvalue weighted by atomic mass is 32.2. The van der Waals surface area contributed by atoms with E-state index in [0.717, 1.165) is 0 Å². The molecule has 0 saturated heterocycles. The van der Waals surface area contributed by atoms with Gasteiger partial charge in [0, 0.05) is 6.07 Å². The lowest BCUT2D eigenvalue weighted by Crippen LogP contribution is -2.10. The molecule has 2 rings (SSSR count). The Morgan fingerprint density at radius 3 is 2.76 bits per heavy atom. The predicted octanol–water partition coefficient (Wildman–Crippen LogP) is 1.52. The van der Waals surface area contributed by atoms with Gasteiger partial charge in [0.2, 0.25) is 5.88 Å². The SMILES string of the molecule is CC(C)COc1nc(Sc2nc(N)cc(=O)[nH]2)ccc1N. The van der Waals surface area contributed by atoms with Gasteiger partial charge in [0.15, 0.2) is 5.16 Å². The molecule has 2 heterocycles. The number of H-pyrrole nitrogens is 1. The lowest BCUT2D eigenvalue weighted by molar-refractivity contribution is 0.261. The van der Waals surface area contributed by atoms with Crippen LogP contribution in [0.15, 0.2) is 33.2 Å². The van der Waals surface area contributed by atoms with Crippen molar-refractivity contribution in [1.29, 1.82) is 0 Å². The van der Waals surface area contributed by atoms with Crippen LogP contribution in [-0.2, 0) is 0 Å². The molecular weight excluding hydrogens is 290 g/mol. The van der Waals surface area contributed by atoms with Gasteiger partial charge in [-0.05, 0) is 29.8 Å². The number of hydrogen-bond acceptors (Lipinski definition) is 7. The zero-order chi connectivity index (χ0) is 15.4.